The van der Waals surface area contributed by atoms with Crippen LogP contribution in [0, 0.1) is 5.92 Å². The van der Waals surface area contributed by atoms with Gasteiger partial charge in [-0.25, -0.2) is 4.98 Å². The highest BCUT2D eigenvalue weighted by atomic mass is 15.2. The second-order valence-corrected chi connectivity index (χ2v) is 5.88. The SMILES string of the molecule is CC(C)CCNc1ccnc(N(C)CCc2ccncc2)n1. The lowest BCUT2D eigenvalue weighted by Gasteiger charge is -2.17. The van der Waals surface area contributed by atoms with E-state index in [-0.39, 0.29) is 0 Å². The van der Waals surface area contributed by atoms with Crippen molar-refractivity contribution in [3.8, 4) is 0 Å². The van der Waals surface area contributed by atoms with Gasteiger partial charge >= 0.3 is 0 Å². The first kappa shape index (κ1) is 16.2. The van der Waals surface area contributed by atoms with Crippen LogP contribution >= 0.6 is 0 Å². The summed E-state index contributed by atoms with van der Waals surface area (Å²) in [7, 11) is 2.02. The van der Waals surface area contributed by atoms with Crippen molar-refractivity contribution in [3.05, 3.63) is 42.4 Å². The smallest absolute Gasteiger partial charge is 0.226 e. The zero-order chi connectivity index (χ0) is 15.8. The monoisotopic (exact) mass is 299 g/mol. The zero-order valence-electron chi connectivity index (χ0n) is 13.7. The van der Waals surface area contributed by atoms with Gasteiger partial charge in [0.15, 0.2) is 0 Å². The molecule has 0 fully saturated rings. The van der Waals surface area contributed by atoms with E-state index in [0.717, 1.165) is 37.7 Å². The van der Waals surface area contributed by atoms with Crippen molar-refractivity contribution in [2.24, 2.45) is 5.92 Å². The van der Waals surface area contributed by atoms with E-state index in [0.29, 0.717) is 5.92 Å². The number of rotatable bonds is 8. The maximum Gasteiger partial charge on any atom is 0.226 e. The van der Waals surface area contributed by atoms with E-state index in [2.05, 4.69) is 39.0 Å². The highest BCUT2D eigenvalue weighted by Gasteiger charge is 2.06. The predicted molar refractivity (Wildman–Crippen MR) is 91.2 cm³/mol. The molecule has 0 aromatic carbocycles. The Labute approximate surface area is 132 Å². The normalized spacial score (nSPS) is 10.7. The predicted octanol–water partition coefficient (Wildman–Crippen LogP) is 3.01. The number of nitrogens with zero attached hydrogens (tertiary/aromatic N) is 4. The quantitative estimate of drug-likeness (QED) is 0.812. The van der Waals surface area contributed by atoms with Gasteiger partial charge in [-0.15, -0.1) is 0 Å². The maximum atomic E-state index is 4.57. The Kier molecular flexibility index (Phi) is 6.13. The van der Waals surface area contributed by atoms with Crippen LogP contribution in [0.5, 0.6) is 0 Å². The summed E-state index contributed by atoms with van der Waals surface area (Å²) < 4.78 is 0. The summed E-state index contributed by atoms with van der Waals surface area (Å²) in [5.74, 6) is 2.34. The number of anilines is 2. The Hall–Kier alpha value is -2.17. The van der Waals surface area contributed by atoms with Gasteiger partial charge in [-0.2, -0.15) is 4.98 Å². The lowest BCUT2D eigenvalue weighted by atomic mass is 10.1. The van der Waals surface area contributed by atoms with E-state index in [1.165, 1.54) is 5.56 Å². The van der Waals surface area contributed by atoms with Crippen LogP contribution < -0.4 is 10.2 Å². The van der Waals surface area contributed by atoms with Crippen LogP contribution in [0.4, 0.5) is 11.8 Å². The molecule has 22 heavy (non-hydrogen) atoms. The van der Waals surface area contributed by atoms with Crippen LogP contribution in [0.25, 0.3) is 0 Å². The summed E-state index contributed by atoms with van der Waals surface area (Å²) in [4.78, 5) is 15.0. The second kappa shape index (κ2) is 8.32. The minimum atomic E-state index is 0.692. The van der Waals surface area contributed by atoms with Gasteiger partial charge in [0.25, 0.3) is 0 Å². The summed E-state index contributed by atoms with van der Waals surface area (Å²) in [6.07, 6.45) is 7.55. The topological polar surface area (TPSA) is 53.9 Å². The standard InChI is InChI=1S/C17H25N5/c1-14(2)4-11-19-16-7-12-20-17(21-16)22(3)13-8-15-5-9-18-10-6-15/h5-7,9-10,12,14H,4,8,11,13H2,1-3H3,(H,19,20,21). The Morgan fingerprint density at radius 2 is 1.91 bits per heavy atom. The molecule has 2 aromatic heterocycles. The van der Waals surface area contributed by atoms with E-state index in [1.807, 2.05) is 43.8 Å². The van der Waals surface area contributed by atoms with E-state index in [1.54, 1.807) is 0 Å². The Bertz CT molecular complexity index is 556. The molecule has 0 aliphatic carbocycles. The number of hydrogen-bond donors (Lipinski definition) is 1. The van der Waals surface area contributed by atoms with Crippen LogP contribution in [-0.4, -0.2) is 35.1 Å². The summed E-state index contributed by atoms with van der Waals surface area (Å²) in [6, 6.07) is 6.00. The molecule has 0 aliphatic rings. The third-order valence-electron chi connectivity index (χ3n) is 3.50. The van der Waals surface area contributed by atoms with Gasteiger partial charge in [0.05, 0.1) is 0 Å². The fourth-order valence-electron chi connectivity index (χ4n) is 2.07. The molecule has 0 aliphatic heterocycles. The van der Waals surface area contributed by atoms with Crippen molar-refractivity contribution in [2.75, 3.05) is 30.4 Å². The Balaban J connectivity index is 1.88. The fourth-order valence-corrected chi connectivity index (χ4v) is 2.07. The van der Waals surface area contributed by atoms with Gasteiger partial charge < -0.3 is 10.2 Å². The number of hydrogen-bond acceptors (Lipinski definition) is 5. The molecule has 2 aromatic rings. The summed E-state index contributed by atoms with van der Waals surface area (Å²) in [5.41, 5.74) is 1.27. The van der Waals surface area contributed by atoms with Gasteiger partial charge in [-0.05, 0) is 42.5 Å². The first-order chi connectivity index (χ1) is 10.6. The first-order valence-corrected chi connectivity index (χ1v) is 7.82. The molecule has 0 atom stereocenters. The Morgan fingerprint density at radius 1 is 1.14 bits per heavy atom. The summed E-state index contributed by atoms with van der Waals surface area (Å²) in [5, 5.41) is 3.36. The molecule has 0 saturated heterocycles. The molecule has 0 amide bonds. The molecule has 0 bridgehead atoms. The molecule has 5 nitrogen and oxygen atoms in total. The van der Waals surface area contributed by atoms with Crippen molar-refractivity contribution in [3.63, 3.8) is 0 Å². The maximum absolute atomic E-state index is 4.57. The van der Waals surface area contributed by atoms with Crippen molar-refractivity contribution >= 4 is 11.8 Å². The van der Waals surface area contributed by atoms with Gasteiger partial charge in [0.2, 0.25) is 5.95 Å². The van der Waals surface area contributed by atoms with Crippen LogP contribution in [-0.2, 0) is 6.42 Å². The molecule has 118 valence electrons. The third-order valence-corrected chi connectivity index (χ3v) is 3.50. The highest BCUT2D eigenvalue weighted by molar-refractivity contribution is 5.40. The number of likely N-dealkylation sites (N-methyl/N-ethyl adjacent to an activating group) is 1. The van der Waals surface area contributed by atoms with Crippen molar-refractivity contribution < 1.29 is 0 Å². The average molecular weight is 299 g/mol. The van der Waals surface area contributed by atoms with Crippen LogP contribution in [0.1, 0.15) is 25.8 Å². The van der Waals surface area contributed by atoms with E-state index >= 15 is 0 Å². The molecule has 0 spiro atoms. The average Bonchev–Trinajstić information content (AvgIpc) is 2.53. The number of aromatic nitrogens is 3. The van der Waals surface area contributed by atoms with Crippen LogP contribution in [0.2, 0.25) is 0 Å². The third kappa shape index (κ3) is 5.31. The lowest BCUT2D eigenvalue weighted by molar-refractivity contribution is 0.606. The molecular formula is C17H25N5. The molecule has 1 N–H and O–H groups in total. The van der Waals surface area contributed by atoms with E-state index < -0.39 is 0 Å². The summed E-state index contributed by atoms with van der Waals surface area (Å²) >= 11 is 0. The molecule has 2 heterocycles. The molecule has 5 heteroatoms. The molecule has 0 unspecified atom stereocenters. The molecular weight excluding hydrogens is 274 g/mol. The van der Waals surface area contributed by atoms with Gasteiger partial charge in [0.1, 0.15) is 5.82 Å². The lowest BCUT2D eigenvalue weighted by Crippen LogP contribution is -2.23. The van der Waals surface area contributed by atoms with Gasteiger partial charge in [-0.1, -0.05) is 13.8 Å². The first-order valence-electron chi connectivity index (χ1n) is 7.82. The van der Waals surface area contributed by atoms with Crippen molar-refractivity contribution in [1.82, 2.24) is 15.0 Å². The van der Waals surface area contributed by atoms with Gasteiger partial charge in [-0.3, -0.25) is 4.98 Å². The minimum Gasteiger partial charge on any atom is -0.370 e. The van der Waals surface area contributed by atoms with E-state index in [9.17, 15) is 0 Å². The highest BCUT2D eigenvalue weighted by Crippen LogP contribution is 2.11. The van der Waals surface area contributed by atoms with Crippen LogP contribution in [0.15, 0.2) is 36.8 Å². The number of nitrogens with one attached hydrogen (secondary N) is 1. The minimum absolute atomic E-state index is 0.692. The summed E-state index contributed by atoms with van der Waals surface area (Å²) in [6.45, 7) is 6.26. The van der Waals surface area contributed by atoms with Crippen molar-refractivity contribution in [2.45, 2.75) is 26.7 Å². The number of pyridine rings is 1. The Morgan fingerprint density at radius 3 is 2.64 bits per heavy atom. The molecule has 2 rings (SSSR count). The van der Waals surface area contributed by atoms with E-state index in [4.69, 9.17) is 0 Å². The fraction of sp³-hybridized carbons (Fsp3) is 0.471. The van der Waals surface area contributed by atoms with Crippen molar-refractivity contribution in [1.29, 1.82) is 0 Å². The largest absolute Gasteiger partial charge is 0.370 e. The second-order valence-electron chi connectivity index (χ2n) is 5.88. The van der Waals surface area contributed by atoms with Crippen LogP contribution in [0.3, 0.4) is 0 Å². The van der Waals surface area contributed by atoms with Gasteiger partial charge in [0, 0.05) is 38.7 Å². The zero-order valence-corrected chi connectivity index (χ0v) is 13.7. The molecule has 0 saturated carbocycles. The molecule has 0 radical (unpaired) electrons.